The molecule has 24 heavy (non-hydrogen) atoms. The van der Waals surface area contributed by atoms with Crippen LogP contribution in [0.1, 0.15) is 38.2 Å². The summed E-state index contributed by atoms with van der Waals surface area (Å²) in [6.45, 7) is 7.39. The number of non-ortho nitro benzene ring substituents is 1. The standard InChI is InChI=1S/C16H18N2O6/c1-9(16(2,3)4)24-14(19)13-8-10-7-11(18(22)23)5-6-12(10)17(13)15(20)21/h5-9H,1-4H3,(H,20,21). The van der Waals surface area contributed by atoms with Crippen molar-refractivity contribution in [3.63, 3.8) is 0 Å². The molecule has 0 spiro atoms. The Kier molecular flexibility index (Phi) is 4.33. The van der Waals surface area contributed by atoms with Gasteiger partial charge in [0.25, 0.3) is 5.69 Å². The van der Waals surface area contributed by atoms with Gasteiger partial charge in [-0.3, -0.25) is 10.1 Å². The average Bonchev–Trinajstić information content (AvgIpc) is 2.84. The third-order valence-corrected chi connectivity index (χ3v) is 3.90. The van der Waals surface area contributed by atoms with Crippen molar-refractivity contribution in [1.82, 2.24) is 4.57 Å². The number of carbonyl (C=O) groups excluding carboxylic acids is 1. The van der Waals surface area contributed by atoms with E-state index in [-0.39, 0.29) is 27.7 Å². The third kappa shape index (κ3) is 3.22. The molecule has 0 radical (unpaired) electrons. The molecule has 0 bridgehead atoms. The fraction of sp³-hybridized carbons (Fsp3) is 0.375. The summed E-state index contributed by atoms with van der Waals surface area (Å²) in [5.41, 5.74) is -0.500. The Morgan fingerprint density at radius 2 is 1.92 bits per heavy atom. The minimum Gasteiger partial charge on any atom is -0.464 e. The first-order valence-electron chi connectivity index (χ1n) is 7.26. The van der Waals surface area contributed by atoms with Crippen molar-refractivity contribution in [2.24, 2.45) is 5.41 Å². The van der Waals surface area contributed by atoms with Crippen LogP contribution in [0.3, 0.4) is 0 Å². The number of carboxylic acid groups (broad SMARTS) is 1. The van der Waals surface area contributed by atoms with Gasteiger partial charge in [0.15, 0.2) is 0 Å². The molecule has 8 nitrogen and oxygen atoms in total. The summed E-state index contributed by atoms with van der Waals surface area (Å²) in [7, 11) is 0. The first-order chi connectivity index (χ1) is 11.0. The van der Waals surface area contributed by atoms with Crippen molar-refractivity contribution in [3.05, 3.63) is 40.1 Å². The maximum absolute atomic E-state index is 12.4. The molecule has 0 amide bonds. The van der Waals surface area contributed by atoms with Crippen molar-refractivity contribution in [3.8, 4) is 0 Å². The normalized spacial score (nSPS) is 12.8. The molecule has 1 aromatic carbocycles. The Labute approximate surface area is 137 Å². The summed E-state index contributed by atoms with van der Waals surface area (Å²) in [6.07, 6.45) is -1.81. The molecular weight excluding hydrogens is 316 g/mol. The van der Waals surface area contributed by atoms with Crippen molar-refractivity contribution in [2.45, 2.75) is 33.8 Å². The molecule has 0 aliphatic carbocycles. The van der Waals surface area contributed by atoms with Crippen LogP contribution >= 0.6 is 0 Å². The summed E-state index contributed by atoms with van der Waals surface area (Å²) < 4.78 is 6.12. The predicted molar refractivity (Wildman–Crippen MR) is 86.3 cm³/mol. The summed E-state index contributed by atoms with van der Waals surface area (Å²) in [5, 5.41) is 20.5. The summed E-state index contributed by atoms with van der Waals surface area (Å²) in [6, 6.07) is 4.99. The van der Waals surface area contributed by atoms with E-state index in [0.29, 0.717) is 0 Å². The van der Waals surface area contributed by atoms with Gasteiger partial charge in [0.1, 0.15) is 11.8 Å². The monoisotopic (exact) mass is 334 g/mol. The van der Waals surface area contributed by atoms with Crippen LogP contribution in [0.25, 0.3) is 10.9 Å². The molecule has 0 aliphatic rings. The van der Waals surface area contributed by atoms with Crippen LogP contribution in [0, 0.1) is 15.5 Å². The van der Waals surface area contributed by atoms with E-state index < -0.39 is 23.1 Å². The largest absolute Gasteiger partial charge is 0.464 e. The number of carbonyl (C=O) groups is 2. The molecule has 1 heterocycles. The van der Waals surface area contributed by atoms with Crippen molar-refractivity contribution in [1.29, 1.82) is 0 Å². The first-order valence-corrected chi connectivity index (χ1v) is 7.26. The quantitative estimate of drug-likeness (QED) is 0.521. The summed E-state index contributed by atoms with van der Waals surface area (Å²) >= 11 is 0. The van der Waals surface area contributed by atoms with E-state index in [9.17, 15) is 24.8 Å². The number of aromatic nitrogens is 1. The lowest BCUT2D eigenvalue weighted by atomic mass is 9.90. The number of nitrogens with zero attached hydrogens (tertiary/aromatic N) is 2. The van der Waals surface area contributed by atoms with Gasteiger partial charge in [-0.25, -0.2) is 14.2 Å². The van der Waals surface area contributed by atoms with Gasteiger partial charge in [-0.1, -0.05) is 20.8 Å². The van der Waals surface area contributed by atoms with Gasteiger partial charge in [0.2, 0.25) is 0 Å². The third-order valence-electron chi connectivity index (χ3n) is 3.90. The van der Waals surface area contributed by atoms with E-state index in [0.717, 1.165) is 4.57 Å². The zero-order valence-corrected chi connectivity index (χ0v) is 13.8. The number of nitro benzene ring substituents is 1. The number of rotatable bonds is 3. The molecule has 2 rings (SSSR count). The second-order valence-corrected chi connectivity index (χ2v) is 6.56. The maximum atomic E-state index is 12.4. The lowest BCUT2D eigenvalue weighted by Crippen LogP contribution is -2.30. The molecular formula is C16H18N2O6. The summed E-state index contributed by atoms with van der Waals surface area (Å²) in [5.74, 6) is -0.793. The number of ether oxygens (including phenoxy) is 1. The van der Waals surface area contributed by atoms with Gasteiger partial charge in [-0.2, -0.15) is 0 Å². The SMILES string of the molecule is CC(OC(=O)c1cc2cc([N+](=O)[O-])ccc2n1C(=O)O)C(C)(C)C. The molecule has 0 aliphatic heterocycles. The Morgan fingerprint density at radius 3 is 2.42 bits per heavy atom. The van der Waals surface area contributed by atoms with Crippen LogP contribution in [-0.2, 0) is 4.74 Å². The van der Waals surface area contributed by atoms with Crippen LogP contribution in [0.2, 0.25) is 0 Å². The van der Waals surface area contributed by atoms with Gasteiger partial charge in [-0.15, -0.1) is 0 Å². The second kappa shape index (κ2) is 5.95. The second-order valence-electron chi connectivity index (χ2n) is 6.56. The van der Waals surface area contributed by atoms with Crippen molar-refractivity contribution in [2.75, 3.05) is 0 Å². The number of nitro groups is 1. The van der Waals surface area contributed by atoms with E-state index in [4.69, 9.17) is 4.74 Å². The smallest absolute Gasteiger partial charge is 0.416 e. The minimum absolute atomic E-state index is 0.184. The van der Waals surface area contributed by atoms with Crippen LogP contribution in [0.4, 0.5) is 10.5 Å². The number of esters is 1. The molecule has 1 aromatic heterocycles. The van der Waals surface area contributed by atoms with Crippen molar-refractivity contribution >= 4 is 28.7 Å². The highest BCUT2D eigenvalue weighted by atomic mass is 16.6. The van der Waals surface area contributed by atoms with Crippen LogP contribution < -0.4 is 0 Å². The van der Waals surface area contributed by atoms with Gasteiger partial charge in [-0.05, 0) is 24.5 Å². The lowest BCUT2D eigenvalue weighted by Gasteiger charge is -2.26. The van der Waals surface area contributed by atoms with Gasteiger partial charge in [0, 0.05) is 17.5 Å². The Hall–Kier alpha value is -2.90. The molecule has 0 saturated heterocycles. The van der Waals surface area contributed by atoms with Gasteiger partial charge in [0.05, 0.1) is 10.4 Å². The zero-order valence-electron chi connectivity index (χ0n) is 13.8. The Balaban J connectivity index is 2.52. The molecule has 1 unspecified atom stereocenters. The topological polar surface area (TPSA) is 112 Å². The van der Waals surface area contributed by atoms with Gasteiger partial charge >= 0.3 is 12.1 Å². The van der Waals surface area contributed by atoms with E-state index >= 15 is 0 Å². The highest BCUT2D eigenvalue weighted by Crippen LogP contribution is 2.27. The number of hydrogen-bond donors (Lipinski definition) is 1. The Morgan fingerprint density at radius 1 is 1.29 bits per heavy atom. The fourth-order valence-corrected chi connectivity index (χ4v) is 2.07. The molecule has 0 saturated carbocycles. The minimum atomic E-state index is -1.37. The highest BCUT2D eigenvalue weighted by Gasteiger charge is 2.28. The van der Waals surface area contributed by atoms with Gasteiger partial charge < -0.3 is 9.84 Å². The van der Waals surface area contributed by atoms with Crippen molar-refractivity contribution < 1.29 is 24.4 Å². The number of fused-ring (bicyclic) bond motifs is 1. The zero-order chi connectivity index (χ0) is 18.2. The van der Waals surface area contributed by atoms with Crippen LogP contribution in [-0.4, -0.2) is 32.8 Å². The number of benzene rings is 1. The fourth-order valence-electron chi connectivity index (χ4n) is 2.07. The first kappa shape index (κ1) is 17.5. The van der Waals surface area contributed by atoms with E-state index in [1.165, 1.54) is 24.3 Å². The van der Waals surface area contributed by atoms with Crippen LogP contribution in [0.15, 0.2) is 24.3 Å². The molecule has 128 valence electrons. The summed E-state index contributed by atoms with van der Waals surface area (Å²) in [4.78, 5) is 34.2. The van der Waals surface area contributed by atoms with E-state index in [2.05, 4.69) is 0 Å². The molecule has 1 N–H and O–H groups in total. The van der Waals surface area contributed by atoms with Crippen LogP contribution in [0.5, 0.6) is 0 Å². The number of hydrogen-bond acceptors (Lipinski definition) is 5. The molecule has 8 heteroatoms. The molecule has 0 fully saturated rings. The average molecular weight is 334 g/mol. The molecule has 2 aromatic rings. The lowest BCUT2D eigenvalue weighted by molar-refractivity contribution is -0.384. The predicted octanol–water partition coefficient (Wildman–Crippen LogP) is 3.67. The maximum Gasteiger partial charge on any atom is 0.416 e. The molecule has 1 atom stereocenters. The van der Waals surface area contributed by atoms with E-state index in [1.54, 1.807) is 6.92 Å². The Bertz CT molecular complexity index is 831. The van der Waals surface area contributed by atoms with E-state index in [1.807, 2.05) is 20.8 Å². The highest BCUT2D eigenvalue weighted by molar-refractivity contribution is 6.01.